The maximum absolute atomic E-state index is 13.6. The van der Waals surface area contributed by atoms with Crippen LogP contribution in [-0.4, -0.2) is 81.7 Å². The summed E-state index contributed by atoms with van der Waals surface area (Å²) in [6.45, 7) is 5.12. The Kier molecular flexibility index (Phi) is 12.5. The van der Waals surface area contributed by atoms with Crippen LogP contribution in [0.3, 0.4) is 0 Å². The zero-order chi connectivity index (χ0) is 30.7. The van der Waals surface area contributed by atoms with E-state index in [1.165, 1.54) is 6.92 Å². The van der Waals surface area contributed by atoms with Crippen LogP contribution in [0.4, 0.5) is 0 Å². The van der Waals surface area contributed by atoms with E-state index in [9.17, 15) is 29.4 Å². The summed E-state index contributed by atoms with van der Waals surface area (Å²) in [5.74, 6) is -3.82. The van der Waals surface area contributed by atoms with Crippen molar-refractivity contribution in [2.45, 2.75) is 76.7 Å². The highest BCUT2D eigenvalue weighted by atomic mass is 16.4. The number of carboxylic acid groups (broad SMARTS) is 1. The lowest BCUT2D eigenvalue weighted by Crippen LogP contribution is -2.59. The van der Waals surface area contributed by atoms with E-state index in [4.69, 9.17) is 17.2 Å². The fourth-order valence-electron chi connectivity index (χ4n) is 4.19. The highest BCUT2D eigenvalue weighted by molar-refractivity contribution is 5.95. The molecule has 0 saturated carbocycles. The number of amides is 3. The van der Waals surface area contributed by atoms with Gasteiger partial charge in [0.05, 0.1) is 6.10 Å². The Morgan fingerprint density at radius 2 is 1.66 bits per heavy atom. The number of hydrogen-bond donors (Lipinski definition) is 9. The van der Waals surface area contributed by atoms with Gasteiger partial charge in [0.25, 0.3) is 0 Å². The molecule has 0 aliphatic carbocycles. The number of aliphatic imine (C=N–C) groups is 1. The average molecular weight is 575 g/mol. The molecule has 14 nitrogen and oxygen atoms in total. The molecule has 0 saturated heterocycles. The lowest BCUT2D eigenvalue weighted by Gasteiger charge is -2.28. The van der Waals surface area contributed by atoms with E-state index in [1.54, 1.807) is 13.1 Å². The van der Waals surface area contributed by atoms with Gasteiger partial charge in [-0.3, -0.25) is 19.4 Å². The quantitative estimate of drug-likeness (QED) is 0.0680. The molecule has 2 rings (SSSR count). The molecule has 6 unspecified atom stereocenters. The minimum atomic E-state index is -1.28. The zero-order valence-electron chi connectivity index (χ0n) is 23.6. The van der Waals surface area contributed by atoms with Crippen molar-refractivity contribution < 1.29 is 29.4 Å². The molecule has 1 heterocycles. The summed E-state index contributed by atoms with van der Waals surface area (Å²) in [7, 11) is 0. The number of carbonyl (C=O) groups excluding carboxylic acids is 3. The molecule has 41 heavy (non-hydrogen) atoms. The fourth-order valence-corrected chi connectivity index (χ4v) is 4.19. The third kappa shape index (κ3) is 9.76. The van der Waals surface area contributed by atoms with Gasteiger partial charge in [-0.15, -0.1) is 0 Å². The van der Waals surface area contributed by atoms with E-state index in [0.29, 0.717) is 12.8 Å². The van der Waals surface area contributed by atoms with E-state index in [1.807, 2.05) is 31.2 Å². The van der Waals surface area contributed by atoms with Gasteiger partial charge in [-0.1, -0.05) is 38.5 Å². The molecule has 2 aromatic rings. The molecule has 1 aromatic heterocycles. The van der Waals surface area contributed by atoms with Crippen LogP contribution in [0.5, 0.6) is 0 Å². The predicted molar refractivity (Wildman–Crippen MR) is 154 cm³/mol. The van der Waals surface area contributed by atoms with Crippen molar-refractivity contribution in [2.75, 3.05) is 6.54 Å². The number of carboxylic acids is 1. The zero-order valence-corrected chi connectivity index (χ0v) is 23.6. The van der Waals surface area contributed by atoms with Crippen LogP contribution < -0.4 is 33.2 Å². The van der Waals surface area contributed by atoms with Crippen molar-refractivity contribution in [3.8, 4) is 0 Å². The molecule has 0 radical (unpaired) electrons. The summed E-state index contributed by atoms with van der Waals surface area (Å²) >= 11 is 0. The highest BCUT2D eigenvalue weighted by Crippen LogP contribution is 2.20. The highest BCUT2D eigenvalue weighted by Gasteiger charge is 2.33. The van der Waals surface area contributed by atoms with Crippen molar-refractivity contribution in [2.24, 2.45) is 28.1 Å². The minimum Gasteiger partial charge on any atom is -0.480 e. The smallest absolute Gasteiger partial charge is 0.326 e. The van der Waals surface area contributed by atoms with E-state index >= 15 is 0 Å². The summed E-state index contributed by atoms with van der Waals surface area (Å²) in [5.41, 5.74) is 18.0. The number of aliphatic hydroxyl groups is 1. The Labute approximate surface area is 238 Å². The topological polar surface area (TPSA) is 251 Å². The minimum absolute atomic E-state index is 0.0610. The first-order valence-corrected chi connectivity index (χ1v) is 13.5. The third-order valence-corrected chi connectivity index (χ3v) is 6.91. The monoisotopic (exact) mass is 574 g/mol. The number of nitrogens with zero attached hydrogens (tertiary/aromatic N) is 1. The van der Waals surface area contributed by atoms with Crippen molar-refractivity contribution in [3.05, 3.63) is 36.0 Å². The molecule has 0 fully saturated rings. The number of H-pyrrole nitrogens is 1. The second-order valence-corrected chi connectivity index (χ2v) is 10.1. The largest absolute Gasteiger partial charge is 0.480 e. The number of para-hydroxylation sites is 1. The number of fused-ring (bicyclic) bond motifs is 1. The van der Waals surface area contributed by atoms with Gasteiger partial charge >= 0.3 is 5.97 Å². The SMILES string of the molecule is CCC(C)C(NC(=O)C(Cc1c[nH]c2ccccc12)NC(=O)C(N)C(C)O)C(=O)NC(CCCN=C(N)N)C(=O)O. The van der Waals surface area contributed by atoms with Gasteiger partial charge in [-0.05, 0) is 37.3 Å². The number of aromatic amines is 1. The van der Waals surface area contributed by atoms with E-state index in [-0.39, 0.29) is 31.3 Å². The van der Waals surface area contributed by atoms with Crippen LogP contribution >= 0.6 is 0 Å². The lowest BCUT2D eigenvalue weighted by atomic mass is 9.96. The number of guanidine groups is 1. The number of hydrogen-bond acceptors (Lipinski definition) is 7. The summed E-state index contributed by atoms with van der Waals surface area (Å²) in [5, 5.41) is 28.1. The molecule has 14 heteroatoms. The molecule has 226 valence electrons. The predicted octanol–water partition coefficient (Wildman–Crippen LogP) is -0.943. The molecule has 1 aromatic carbocycles. The van der Waals surface area contributed by atoms with Crippen molar-refractivity contribution >= 4 is 40.6 Å². The van der Waals surface area contributed by atoms with Gasteiger partial charge in [-0.2, -0.15) is 0 Å². The standard InChI is InChI=1S/C27H42N8O6/c1-4-14(2)22(25(39)33-19(26(40)41)10-7-11-31-27(29)30)35-23(37)20(34-24(38)21(28)15(3)36)12-16-13-32-18-9-6-5-8-17(16)18/h5-6,8-9,13-15,19-22,32,36H,4,7,10-12,28H2,1-3H3,(H,33,39)(H,34,38)(H,35,37)(H,40,41)(H4,29,30,31). The maximum atomic E-state index is 13.6. The van der Waals surface area contributed by atoms with Crippen molar-refractivity contribution in [1.82, 2.24) is 20.9 Å². The summed E-state index contributed by atoms with van der Waals surface area (Å²) < 4.78 is 0. The molecule has 0 aliphatic heterocycles. The molecular formula is C27H42N8O6. The number of aliphatic hydroxyl groups excluding tert-OH is 1. The number of benzene rings is 1. The van der Waals surface area contributed by atoms with E-state index < -0.39 is 54.0 Å². The molecule has 3 amide bonds. The van der Waals surface area contributed by atoms with Crippen molar-refractivity contribution in [3.63, 3.8) is 0 Å². The Morgan fingerprint density at radius 3 is 2.27 bits per heavy atom. The molecular weight excluding hydrogens is 532 g/mol. The molecule has 0 aliphatic rings. The van der Waals surface area contributed by atoms with E-state index in [2.05, 4.69) is 25.9 Å². The first-order chi connectivity index (χ1) is 19.3. The number of aliphatic carboxylic acids is 1. The summed E-state index contributed by atoms with van der Waals surface area (Å²) in [6.07, 6.45) is 1.49. The Balaban J connectivity index is 2.27. The van der Waals surface area contributed by atoms with Crippen LogP contribution in [0, 0.1) is 5.92 Å². The normalized spacial score (nSPS) is 15.5. The summed E-state index contributed by atoms with van der Waals surface area (Å²) in [6, 6.07) is 2.68. The number of nitrogens with one attached hydrogen (secondary N) is 4. The van der Waals surface area contributed by atoms with Crippen LogP contribution in [-0.2, 0) is 25.6 Å². The molecule has 12 N–H and O–H groups in total. The Bertz CT molecular complexity index is 1230. The van der Waals surface area contributed by atoms with Crippen LogP contribution in [0.15, 0.2) is 35.5 Å². The Morgan fingerprint density at radius 1 is 1.00 bits per heavy atom. The third-order valence-electron chi connectivity index (χ3n) is 6.91. The van der Waals surface area contributed by atoms with Gasteiger partial charge in [0, 0.05) is 30.1 Å². The molecule has 6 atom stereocenters. The number of carbonyl (C=O) groups is 4. The first kappa shape index (κ1) is 33.0. The second kappa shape index (κ2) is 15.6. The Hall–Kier alpha value is -4.17. The molecule has 0 spiro atoms. The van der Waals surface area contributed by atoms with Gasteiger partial charge in [0.2, 0.25) is 17.7 Å². The van der Waals surface area contributed by atoms with Crippen LogP contribution in [0.25, 0.3) is 10.9 Å². The summed E-state index contributed by atoms with van der Waals surface area (Å²) in [4.78, 5) is 58.3. The fraction of sp³-hybridized carbons (Fsp3) is 0.519. The van der Waals surface area contributed by atoms with E-state index in [0.717, 1.165) is 16.5 Å². The van der Waals surface area contributed by atoms with Gasteiger partial charge in [-0.25, -0.2) is 4.79 Å². The second-order valence-electron chi connectivity index (χ2n) is 10.1. The van der Waals surface area contributed by atoms with Gasteiger partial charge in [0.1, 0.15) is 24.2 Å². The molecule has 0 bridgehead atoms. The maximum Gasteiger partial charge on any atom is 0.326 e. The average Bonchev–Trinajstić information content (AvgIpc) is 3.34. The van der Waals surface area contributed by atoms with Gasteiger partial charge < -0.3 is 48.3 Å². The first-order valence-electron chi connectivity index (χ1n) is 13.5. The number of rotatable bonds is 16. The van der Waals surface area contributed by atoms with Gasteiger partial charge in [0.15, 0.2) is 5.96 Å². The number of nitrogens with two attached hydrogens (primary N) is 3. The van der Waals surface area contributed by atoms with Crippen LogP contribution in [0.1, 0.15) is 45.6 Å². The lowest BCUT2D eigenvalue weighted by molar-refractivity contribution is -0.143. The van der Waals surface area contributed by atoms with Crippen molar-refractivity contribution in [1.29, 1.82) is 0 Å². The van der Waals surface area contributed by atoms with Crippen LogP contribution in [0.2, 0.25) is 0 Å². The number of aromatic nitrogens is 1.